The first-order chi connectivity index (χ1) is 5.71. The van der Waals surface area contributed by atoms with Crippen molar-refractivity contribution in [2.75, 3.05) is 0 Å². The number of hydrogen-bond acceptors (Lipinski definition) is 2. The van der Waals surface area contributed by atoms with Crippen LogP contribution in [0.1, 0.15) is 32.6 Å². The van der Waals surface area contributed by atoms with Gasteiger partial charge in [-0.15, -0.1) is 0 Å². The van der Waals surface area contributed by atoms with Gasteiger partial charge in [-0.3, -0.25) is 4.79 Å². The number of esters is 1. The van der Waals surface area contributed by atoms with Crippen LogP contribution in [0.4, 0.5) is 0 Å². The second kappa shape index (κ2) is 2.61. The van der Waals surface area contributed by atoms with Crippen LogP contribution < -0.4 is 0 Å². The van der Waals surface area contributed by atoms with E-state index in [2.05, 4.69) is 6.08 Å². The van der Waals surface area contributed by atoms with E-state index in [0.717, 1.165) is 25.7 Å². The maximum atomic E-state index is 11.5. The zero-order valence-electron chi connectivity index (χ0n) is 7.38. The molecule has 0 aromatic heterocycles. The minimum Gasteiger partial charge on any atom is -0.458 e. The third-order valence-corrected chi connectivity index (χ3v) is 2.95. The Morgan fingerprint density at radius 2 is 2.42 bits per heavy atom. The van der Waals surface area contributed by atoms with Gasteiger partial charge in [0.05, 0.1) is 5.41 Å². The molecule has 0 spiro atoms. The molecular formula is C10H14O2. The number of carbonyl (C=O) groups is 1. The third-order valence-electron chi connectivity index (χ3n) is 2.95. The van der Waals surface area contributed by atoms with Crippen molar-refractivity contribution in [3.05, 3.63) is 12.2 Å². The number of fused-ring (bicyclic) bond motifs is 4. The van der Waals surface area contributed by atoms with Crippen molar-refractivity contribution in [1.29, 1.82) is 0 Å². The van der Waals surface area contributed by atoms with Gasteiger partial charge in [0.2, 0.25) is 0 Å². The monoisotopic (exact) mass is 166 g/mol. The van der Waals surface area contributed by atoms with Crippen LogP contribution in [0.5, 0.6) is 0 Å². The second-order valence-corrected chi connectivity index (χ2v) is 4.01. The van der Waals surface area contributed by atoms with Crippen LogP contribution in [0, 0.1) is 5.41 Å². The van der Waals surface area contributed by atoms with E-state index >= 15 is 0 Å². The fourth-order valence-corrected chi connectivity index (χ4v) is 1.91. The number of rotatable bonds is 0. The van der Waals surface area contributed by atoms with Gasteiger partial charge in [-0.1, -0.05) is 6.08 Å². The van der Waals surface area contributed by atoms with Crippen molar-refractivity contribution >= 4 is 5.97 Å². The van der Waals surface area contributed by atoms with E-state index in [9.17, 15) is 4.79 Å². The van der Waals surface area contributed by atoms with E-state index in [1.165, 1.54) is 0 Å². The summed E-state index contributed by atoms with van der Waals surface area (Å²) in [6, 6.07) is 0. The molecule has 2 heteroatoms. The van der Waals surface area contributed by atoms with E-state index in [4.69, 9.17) is 4.74 Å². The molecule has 3 rings (SSSR count). The van der Waals surface area contributed by atoms with Crippen LogP contribution in [-0.2, 0) is 9.53 Å². The van der Waals surface area contributed by atoms with Gasteiger partial charge >= 0.3 is 5.97 Å². The lowest BCUT2D eigenvalue weighted by Gasteiger charge is -2.36. The summed E-state index contributed by atoms with van der Waals surface area (Å²) in [5.41, 5.74) is -0.193. The summed E-state index contributed by atoms with van der Waals surface area (Å²) < 4.78 is 5.27. The van der Waals surface area contributed by atoms with Crippen LogP contribution >= 0.6 is 0 Å². The molecule has 2 aliphatic heterocycles. The lowest BCUT2D eigenvalue weighted by Crippen LogP contribution is -2.39. The molecule has 0 saturated carbocycles. The predicted octanol–water partition coefficient (Wildman–Crippen LogP) is 2.05. The summed E-state index contributed by atoms with van der Waals surface area (Å²) in [5.74, 6) is 0.00287. The van der Waals surface area contributed by atoms with Gasteiger partial charge in [0.25, 0.3) is 0 Å². The van der Waals surface area contributed by atoms with Gasteiger partial charge in [-0.2, -0.15) is 0 Å². The Labute approximate surface area is 72.6 Å². The maximum absolute atomic E-state index is 11.5. The second-order valence-electron chi connectivity index (χ2n) is 4.01. The van der Waals surface area contributed by atoms with Gasteiger partial charge < -0.3 is 4.74 Å². The van der Waals surface area contributed by atoms with Crippen LogP contribution in [0.15, 0.2) is 12.2 Å². The first-order valence-electron chi connectivity index (χ1n) is 4.58. The largest absolute Gasteiger partial charge is 0.458 e. The van der Waals surface area contributed by atoms with Crippen LogP contribution in [0.25, 0.3) is 0 Å². The number of ether oxygens (including phenoxy) is 1. The molecule has 2 atom stereocenters. The molecule has 2 heterocycles. The van der Waals surface area contributed by atoms with E-state index in [1.54, 1.807) is 0 Å². The van der Waals surface area contributed by atoms with Crippen molar-refractivity contribution < 1.29 is 9.53 Å². The summed E-state index contributed by atoms with van der Waals surface area (Å²) in [7, 11) is 0. The Bertz CT molecular complexity index is 232. The maximum Gasteiger partial charge on any atom is 0.312 e. The molecule has 2 bridgehead atoms. The summed E-state index contributed by atoms with van der Waals surface area (Å²) in [4.78, 5) is 11.5. The van der Waals surface area contributed by atoms with E-state index in [0.29, 0.717) is 0 Å². The lowest BCUT2D eigenvalue weighted by atomic mass is 9.77. The number of carbonyl (C=O) groups excluding carboxylic acids is 1. The first kappa shape index (κ1) is 7.84. The molecule has 0 aromatic rings. The van der Waals surface area contributed by atoms with Crippen molar-refractivity contribution in [2.45, 2.75) is 38.7 Å². The van der Waals surface area contributed by atoms with E-state index < -0.39 is 0 Å². The quantitative estimate of drug-likeness (QED) is 0.406. The fraction of sp³-hybridized carbons (Fsp3) is 0.700. The molecule has 0 N–H and O–H groups in total. The first-order valence-corrected chi connectivity index (χ1v) is 4.58. The standard InChI is InChI=1S/C10H14O2/c1-10-6-3-2-4-8(5-7-10)12-9(10)11/h2,4,8H,3,5-7H2,1H3/b4-2-. The molecular weight excluding hydrogens is 152 g/mol. The van der Waals surface area contributed by atoms with Crippen LogP contribution in [0.3, 0.4) is 0 Å². The number of allylic oxidation sites excluding steroid dienone is 1. The molecule has 2 unspecified atom stereocenters. The van der Waals surface area contributed by atoms with Crippen molar-refractivity contribution in [1.82, 2.24) is 0 Å². The van der Waals surface area contributed by atoms with E-state index in [1.807, 2.05) is 13.0 Å². The smallest absolute Gasteiger partial charge is 0.312 e. The van der Waals surface area contributed by atoms with E-state index in [-0.39, 0.29) is 17.5 Å². The zero-order valence-corrected chi connectivity index (χ0v) is 7.38. The Morgan fingerprint density at radius 1 is 1.58 bits per heavy atom. The molecule has 1 aliphatic carbocycles. The molecule has 0 aromatic carbocycles. The molecule has 12 heavy (non-hydrogen) atoms. The highest BCUT2D eigenvalue weighted by atomic mass is 16.5. The Balaban J connectivity index is 2.27. The molecule has 2 nitrogen and oxygen atoms in total. The molecule has 66 valence electrons. The summed E-state index contributed by atoms with van der Waals surface area (Å²) in [6.07, 6.45) is 8.16. The highest BCUT2D eigenvalue weighted by Gasteiger charge is 2.40. The average Bonchev–Trinajstić information content (AvgIpc) is 2.01. The van der Waals surface area contributed by atoms with Gasteiger partial charge in [0, 0.05) is 0 Å². The lowest BCUT2D eigenvalue weighted by molar-refractivity contribution is -0.166. The van der Waals surface area contributed by atoms with Gasteiger partial charge in [-0.05, 0) is 38.7 Å². The Morgan fingerprint density at radius 3 is 3.17 bits per heavy atom. The zero-order chi connectivity index (χ0) is 8.60. The highest BCUT2D eigenvalue weighted by Crippen LogP contribution is 2.38. The topological polar surface area (TPSA) is 26.3 Å². The highest BCUT2D eigenvalue weighted by molar-refractivity contribution is 5.77. The Hall–Kier alpha value is -0.790. The molecule has 3 aliphatic rings. The molecule has 0 amide bonds. The summed E-state index contributed by atoms with van der Waals surface area (Å²) >= 11 is 0. The molecule has 1 fully saturated rings. The van der Waals surface area contributed by atoms with Gasteiger partial charge in [-0.25, -0.2) is 0 Å². The average molecular weight is 166 g/mol. The fourth-order valence-electron chi connectivity index (χ4n) is 1.91. The van der Waals surface area contributed by atoms with Crippen LogP contribution in [0.2, 0.25) is 0 Å². The van der Waals surface area contributed by atoms with Crippen molar-refractivity contribution in [3.63, 3.8) is 0 Å². The minimum absolute atomic E-state index is 0.00287. The molecule has 0 radical (unpaired) electrons. The summed E-state index contributed by atoms with van der Waals surface area (Å²) in [5, 5.41) is 0. The minimum atomic E-state index is -0.193. The van der Waals surface area contributed by atoms with Crippen molar-refractivity contribution in [2.24, 2.45) is 5.41 Å². The van der Waals surface area contributed by atoms with Crippen molar-refractivity contribution in [3.8, 4) is 0 Å². The molecule has 1 saturated heterocycles. The Kier molecular flexibility index (Phi) is 1.71. The predicted molar refractivity (Wildman–Crippen MR) is 45.6 cm³/mol. The third kappa shape index (κ3) is 1.15. The SMILES string of the molecule is CC12CC/C=C\C(CC1)OC2=O. The van der Waals surface area contributed by atoms with Gasteiger partial charge in [0.15, 0.2) is 0 Å². The number of hydrogen-bond donors (Lipinski definition) is 0. The normalized spacial score (nSPS) is 43.1. The van der Waals surface area contributed by atoms with Crippen LogP contribution in [-0.4, -0.2) is 12.1 Å². The summed E-state index contributed by atoms with van der Waals surface area (Å²) in [6.45, 7) is 2.02. The van der Waals surface area contributed by atoms with Gasteiger partial charge in [0.1, 0.15) is 6.10 Å².